The van der Waals surface area contributed by atoms with Crippen LogP contribution in [0, 0.1) is 0 Å². The molecule has 1 N–H and O–H groups in total. The predicted octanol–water partition coefficient (Wildman–Crippen LogP) is 4.51. The van der Waals surface area contributed by atoms with E-state index in [0.29, 0.717) is 5.69 Å². The number of H-pyrrole nitrogens is 1. The van der Waals surface area contributed by atoms with Crippen LogP contribution in [-0.2, 0) is 4.74 Å². The molecule has 0 radical (unpaired) electrons. The summed E-state index contributed by atoms with van der Waals surface area (Å²) in [6.07, 6.45) is -0.481. The van der Waals surface area contributed by atoms with Crippen LogP contribution >= 0.6 is 0 Å². The number of aromatic nitrogens is 2. The Kier molecular flexibility index (Phi) is 4.01. The second-order valence-electron chi connectivity index (χ2n) is 5.72. The van der Waals surface area contributed by atoms with Gasteiger partial charge in [0.05, 0.1) is 5.52 Å². The van der Waals surface area contributed by atoms with Crippen LogP contribution < -0.4 is 0 Å². The number of fused-ring (bicyclic) bond motifs is 1. The molecule has 0 spiro atoms. The Balaban J connectivity index is 1.70. The average Bonchev–Trinajstić information content (AvgIpc) is 3.11. The van der Waals surface area contributed by atoms with Crippen LogP contribution in [0.4, 0.5) is 0 Å². The van der Waals surface area contributed by atoms with E-state index in [1.165, 1.54) is 0 Å². The third kappa shape index (κ3) is 3.02. The molecule has 1 heterocycles. The molecule has 0 unspecified atom stereocenters. The van der Waals surface area contributed by atoms with Crippen molar-refractivity contribution in [2.45, 2.75) is 6.10 Å². The van der Waals surface area contributed by atoms with Crippen LogP contribution in [-0.4, -0.2) is 16.2 Å². The summed E-state index contributed by atoms with van der Waals surface area (Å²) in [5.41, 5.74) is 2.95. The van der Waals surface area contributed by atoms with E-state index >= 15 is 0 Å². The fourth-order valence-corrected chi connectivity index (χ4v) is 2.87. The van der Waals surface area contributed by atoms with E-state index in [-0.39, 0.29) is 0 Å². The van der Waals surface area contributed by atoms with Crippen LogP contribution in [0.1, 0.15) is 27.7 Å². The van der Waals surface area contributed by atoms with Crippen LogP contribution in [0.25, 0.3) is 10.9 Å². The monoisotopic (exact) mass is 328 g/mol. The Morgan fingerprint density at radius 3 is 2.00 bits per heavy atom. The molecule has 0 aliphatic carbocycles. The van der Waals surface area contributed by atoms with Crippen molar-refractivity contribution in [3.05, 3.63) is 102 Å². The van der Waals surface area contributed by atoms with E-state index in [1.54, 1.807) is 0 Å². The number of aromatic amines is 1. The minimum absolute atomic E-state index is 0.299. The molecule has 0 aliphatic rings. The van der Waals surface area contributed by atoms with Crippen molar-refractivity contribution >= 4 is 16.9 Å². The molecule has 0 saturated heterocycles. The topological polar surface area (TPSA) is 55.0 Å². The first-order valence-electron chi connectivity index (χ1n) is 8.07. The molecular weight excluding hydrogens is 312 g/mol. The normalized spacial score (nSPS) is 10.9. The highest BCUT2D eigenvalue weighted by Gasteiger charge is 2.22. The average molecular weight is 328 g/mol. The number of nitrogens with zero attached hydrogens (tertiary/aromatic N) is 1. The van der Waals surface area contributed by atoms with Crippen molar-refractivity contribution in [3.63, 3.8) is 0 Å². The highest BCUT2D eigenvalue weighted by molar-refractivity contribution is 6.01. The minimum Gasteiger partial charge on any atom is -0.448 e. The third-order valence-electron chi connectivity index (χ3n) is 4.09. The minimum atomic E-state index is -0.481. The number of hydrogen-bond donors (Lipinski definition) is 1. The number of nitrogens with one attached hydrogen (secondary N) is 1. The van der Waals surface area contributed by atoms with E-state index in [1.807, 2.05) is 84.9 Å². The summed E-state index contributed by atoms with van der Waals surface area (Å²) in [5.74, 6) is -0.449. The molecule has 4 rings (SSSR count). The lowest BCUT2D eigenvalue weighted by atomic mass is 10.0. The van der Waals surface area contributed by atoms with Gasteiger partial charge in [-0.1, -0.05) is 78.9 Å². The van der Waals surface area contributed by atoms with Crippen molar-refractivity contribution in [1.82, 2.24) is 10.2 Å². The van der Waals surface area contributed by atoms with Crippen molar-refractivity contribution < 1.29 is 9.53 Å². The zero-order valence-electron chi connectivity index (χ0n) is 13.4. The zero-order valence-corrected chi connectivity index (χ0v) is 13.4. The lowest BCUT2D eigenvalue weighted by Crippen LogP contribution is -2.13. The summed E-state index contributed by atoms with van der Waals surface area (Å²) in [6, 6.07) is 26.9. The Hall–Kier alpha value is -3.40. The van der Waals surface area contributed by atoms with Gasteiger partial charge in [-0.05, 0) is 17.2 Å². The Morgan fingerprint density at radius 1 is 0.800 bits per heavy atom. The maximum Gasteiger partial charge on any atom is 0.360 e. The highest BCUT2D eigenvalue weighted by atomic mass is 16.5. The van der Waals surface area contributed by atoms with Crippen molar-refractivity contribution in [1.29, 1.82) is 0 Å². The first-order chi connectivity index (χ1) is 12.3. The molecular formula is C21H16N2O2. The molecule has 122 valence electrons. The quantitative estimate of drug-likeness (QED) is 0.561. The second kappa shape index (κ2) is 6.61. The van der Waals surface area contributed by atoms with E-state index in [0.717, 1.165) is 22.0 Å². The molecule has 0 atom stereocenters. The Bertz CT molecular complexity index is 955. The van der Waals surface area contributed by atoms with Gasteiger partial charge in [0.1, 0.15) is 0 Å². The molecule has 1 aromatic heterocycles. The van der Waals surface area contributed by atoms with Crippen molar-refractivity contribution in [2.24, 2.45) is 0 Å². The van der Waals surface area contributed by atoms with Gasteiger partial charge in [0.15, 0.2) is 11.8 Å². The fourth-order valence-electron chi connectivity index (χ4n) is 2.87. The van der Waals surface area contributed by atoms with E-state index in [4.69, 9.17) is 4.74 Å². The number of esters is 1. The lowest BCUT2D eigenvalue weighted by molar-refractivity contribution is 0.0373. The fraction of sp³-hybridized carbons (Fsp3) is 0.0476. The summed E-state index contributed by atoms with van der Waals surface area (Å²) in [5, 5.41) is 7.76. The van der Waals surface area contributed by atoms with Crippen molar-refractivity contribution in [2.75, 3.05) is 0 Å². The molecule has 0 aliphatic heterocycles. The van der Waals surface area contributed by atoms with Crippen molar-refractivity contribution in [3.8, 4) is 0 Å². The molecule has 3 aromatic carbocycles. The summed E-state index contributed by atoms with van der Waals surface area (Å²) in [4.78, 5) is 12.8. The largest absolute Gasteiger partial charge is 0.448 e. The number of hydrogen-bond acceptors (Lipinski definition) is 3. The Labute approximate surface area is 145 Å². The van der Waals surface area contributed by atoms with Gasteiger partial charge in [-0.15, -0.1) is 0 Å². The Morgan fingerprint density at radius 2 is 1.36 bits per heavy atom. The van der Waals surface area contributed by atoms with E-state index in [9.17, 15) is 4.79 Å². The molecule has 4 heteroatoms. The molecule has 25 heavy (non-hydrogen) atoms. The molecule has 0 fully saturated rings. The van der Waals surface area contributed by atoms with Crippen LogP contribution in [0.5, 0.6) is 0 Å². The van der Waals surface area contributed by atoms with Gasteiger partial charge in [0.25, 0.3) is 0 Å². The summed E-state index contributed by atoms with van der Waals surface area (Å²) < 4.78 is 5.85. The standard InChI is InChI=1S/C21H16N2O2/c24-21(19-17-13-7-8-14-18(17)22-23-19)25-20(15-9-3-1-4-10-15)16-11-5-2-6-12-16/h1-14,20H,(H,22,23). The number of carbonyl (C=O) groups is 1. The van der Waals surface area contributed by atoms with Gasteiger partial charge < -0.3 is 4.74 Å². The van der Waals surface area contributed by atoms with Gasteiger partial charge in [-0.2, -0.15) is 5.10 Å². The summed E-state index contributed by atoms with van der Waals surface area (Å²) >= 11 is 0. The van der Waals surface area contributed by atoms with Gasteiger partial charge in [0, 0.05) is 5.39 Å². The van der Waals surface area contributed by atoms with Gasteiger partial charge in [-0.25, -0.2) is 4.79 Å². The molecule has 0 bridgehead atoms. The third-order valence-corrected chi connectivity index (χ3v) is 4.09. The molecule has 4 nitrogen and oxygen atoms in total. The lowest BCUT2D eigenvalue weighted by Gasteiger charge is -2.18. The number of rotatable bonds is 4. The highest BCUT2D eigenvalue weighted by Crippen LogP contribution is 2.28. The number of carbonyl (C=O) groups excluding carboxylic acids is 1. The maximum absolute atomic E-state index is 12.8. The zero-order chi connectivity index (χ0) is 17.1. The van der Waals surface area contributed by atoms with Crippen LogP contribution in [0.15, 0.2) is 84.9 Å². The number of ether oxygens (including phenoxy) is 1. The van der Waals surface area contributed by atoms with E-state index in [2.05, 4.69) is 10.2 Å². The SMILES string of the molecule is O=C(OC(c1ccccc1)c1ccccc1)c1n[nH]c2ccccc12. The molecule has 0 saturated carbocycles. The summed E-state index contributed by atoms with van der Waals surface area (Å²) in [6.45, 7) is 0. The molecule has 0 amide bonds. The maximum atomic E-state index is 12.8. The second-order valence-corrected chi connectivity index (χ2v) is 5.72. The number of benzene rings is 3. The van der Waals surface area contributed by atoms with Crippen LogP contribution in [0.3, 0.4) is 0 Å². The number of para-hydroxylation sites is 1. The smallest absolute Gasteiger partial charge is 0.360 e. The van der Waals surface area contributed by atoms with Gasteiger partial charge >= 0.3 is 5.97 Å². The molecule has 4 aromatic rings. The first-order valence-corrected chi connectivity index (χ1v) is 8.07. The predicted molar refractivity (Wildman–Crippen MR) is 96.2 cm³/mol. The first kappa shape index (κ1) is 15.1. The summed E-state index contributed by atoms with van der Waals surface area (Å²) in [7, 11) is 0. The van der Waals surface area contributed by atoms with E-state index < -0.39 is 12.1 Å². The van der Waals surface area contributed by atoms with Gasteiger partial charge in [-0.3, -0.25) is 5.10 Å². The van der Waals surface area contributed by atoms with Crippen LogP contribution in [0.2, 0.25) is 0 Å². The van der Waals surface area contributed by atoms with Gasteiger partial charge in [0.2, 0.25) is 0 Å².